The molecular weight excluding hydrogens is 164 g/mol. The summed E-state index contributed by atoms with van der Waals surface area (Å²) in [5, 5.41) is 0. The Morgan fingerprint density at radius 3 is 2.58 bits per heavy atom. The highest BCUT2D eigenvalue weighted by atomic mass is 17.2. The molecule has 72 valence electrons. The van der Waals surface area contributed by atoms with E-state index in [1.807, 2.05) is 0 Å². The highest BCUT2D eigenvalue weighted by molar-refractivity contribution is 5.65. The van der Waals surface area contributed by atoms with Crippen LogP contribution in [0.1, 0.15) is 13.8 Å². The van der Waals surface area contributed by atoms with Crippen LogP contribution >= 0.6 is 0 Å². The van der Waals surface area contributed by atoms with E-state index in [1.54, 1.807) is 6.92 Å². The van der Waals surface area contributed by atoms with Crippen molar-refractivity contribution in [1.82, 2.24) is 0 Å². The van der Waals surface area contributed by atoms with Gasteiger partial charge in [0.25, 0.3) is 0 Å². The second-order valence-corrected chi connectivity index (χ2v) is 2.07. The maximum Gasteiger partial charge on any atom is 0.339 e. The highest BCUT2D eigenvalue weighted by Crippen LogP contribution is 1.90. The molecule has 0 saturated heterocycles. The fourth-order valence-corrected chi connectivity index (χ4v) is 0.441. The largest absolute Gasteiger partial charge is 0.356 e. The molecule has 0 aliphatic rings. The third-order valence-electron chi connectivity index (χ3n) is 1.03. The van der Waals surface area contributed by atoms with Gasteiger partial charge < -0.3 is 9.47 Å². The lowest BCUT2D eigenvalue weighted by molar-refractivity contribution is -0.278. The maximum absolute atomic E-state index is 10.2. The minimum Gasteiger partial charge on any atom is -0.356 e. The van der Waals surface area contributed by atoms with Crippen molar-refractivity contribution >= 4 is 5.97 Å². The van der Waals surface area contributed by atoms with E-state index in [4.69, 9.17) is 9.47 Å². The number of methoxy groups -OCH3 is 1. The first-order valence-corrected chi connectivity index (χ1v) is 3.61. The molecule has 0 heterocycles. The highest BCUT2D eigenvalue weighted by Gasteiger charge is 1.98. The zero-order valence-electron chi connectivity index (χ0n) is 7.53. The normalized spacial score (nSPS) is 12.6. The van der Waals surface area contributed by atoms with E-state index < -0.39 is 5.97 Å². The first-order valence-electron chi connectivity index (χ1n) is 3.61. The predicted octanol–water partition coefficient (Wildman–Crippen LogP) is 0.490. The minimum atomic E-state index is -0.477. The molecular formula is C7H14O5. The third kappa shape index (κ3) is 7.46. The second-order valence-electron chi connectivity index (χ2n) is 2.07. The average molecular weight is 178 g/mol. The molecule has 0 saturated carbocycles. The summed E-state index contributed by atoms with van der Waals surface area (Å²) in [4.78, 5) is 18.8. The van der Waals surface area contributed by atoms with Gasteiger partial charge in [-0.2, -0.15) is 4.89 Å². The van der Waals surface area contributed by atoms with Gasteiger partial charge in [0.15, 0.2) is 6.29 Å². The second kappa shape index (κ2) is 7.02. The Hall–Kier alpha value is -0.650. The van der Waals surface area contributed by atoms with E-state index in [0.29, 0.717) is 6.61 Å². The maximum atomic E-state index is 10.2. The minimum absolute atomic E-state index is 0.202. The molecule has 0 N–H and O–H groups in total. The average Bonchev–Trinajstić information content (AvgIpc) is 2.03. The molecule has 5 heteroatoms. The summed E-state index contributed by atoms with van der Waals surface area (Å²) in [5.74, 6) is -0.477. The van der Waals surface area contributed by atoms with E-state index in [-0.39, 0.29) is 12.9 Å². The molecule has 0 aromatic rings. The van der Waals surface area contributed by atoms with Crippen LogP contribution in [0.5, 0.6) is 0 Å². The molecule has 5 nitrogen and oxygen atoms in total. The van der Waals surface area contributed by atoms with Crippen molar-refractivity contribution in [3.8, 4) is 0 Å². The standard InChI is InChI=1S/C7H14O5/c1-6(8)12-11-5-4-10-7(2)9-3/h7H,4-5H2,1-3H3. The van der Waals surface area contributed by atoms with Crippen molar-refractivity contribution in [3.63, 3.8) is 0 Å². The number of rotatable bonds is 6. The zero-order chi connectivity index (χ0) is 9.40. The van der Waals surface area contributed by atoms with Crippen LogP contribution in [0.3, 0.4) is 0 Å². The Morgan fingerprint density at radius 2 is 2.08 bits per heavy atom. The van der Waals surface area contributed by atoms with Crippen molar-refractivity contribution in [2.75, 3.05) is 20.3 Å². The third-order valence-corrected chi connectivity index (χ3v) is 1.03. The molecule has 0 aliphatic heterocycles. The molecule has 0 spiro atoms. The summed E-state index contributed by atoms with van der Waals surface area (Å²) in [5.41, 5.74) is 0. The van der Waals surface area contributed by atoms with Gasteiger partial charge in [0.05, 0.1) is 6.61 Å². The van der Waals surface area contributed by atoms with E-state index >= 15 is 0 Å². The van der Waals surface area contributed by atoms with Gasteiger partial charge in [-0.1, -0.05) is 0 Å². The fourth-order valence-electron chi connectivity index (χ4n) is 0.441. The van der Waals surface area contributed by atoms with Crippen molar-refractivity contribution in [2.24, 2.45) is 0 Å². The van der Waals surface area contributed by atoms with Crippen LogP contribution in [0.15, 0.2) is 0 Å². The molecule has 0 radical (unpaired) electrons. The van der Waals surface area contributed by atoms with E-state index in [2.05, 4.69) is 9.78 Å². The number of ether oxygens (including phenoxy) is 2. The van der Waals surface area contributed by atoms with Gasteiger partial charge in [-0.3, -0.25) is 4.89 Å². The Morgan fingerprint density at radius 1 is 1.42 bits per heavy atom. The van der Waals surface area contributed by atoms with E-state index in [0.717, 1.165) is 0 Å². The van der Waals surface area contributed by atoms with Gasteiger partial charge in [-0.05, 0) is 6.92 Å². The predicted molar refractivity (Wildman–Crippen MR) is 40.1 cm³/mol. The smallest absolute Gasteiger partial charge is 0.339 e. The Kier molecular flexibility index (Phi) is 6.64. The summed E-state index contributed by atoms with van der Waals surface area (Å²) in [6, 6.07) is 0. The van der Waals surface area contributed by atoms with Crippen molar-refractivity contribution < 1.29 is 24.0 Å². The molecule has 0 aromatic heterocycles. The number of hydrogen-bond donors (Lipinski definition) is 0. The van der Waals surface area contributed by atoms with Gasteiger partial charge >= 0.3 is 5.97 Å². The molecule has 1 unspecified atom stereocenters. The summed E-state index contributed by atoms with van der Waals surface area (Å²) < 4.78 is 9.83. The lowest BCUT2D eigenvalue weighted by Gasteiger charge is -2.09. The number of carbonyl (C=O) groups is 1. The molecule has 12 heavy (non-hydrogen) atoms. The summed E-state index contributed by atoms with van der Waals surface area (Å²) in [6.07, 6.45) is -0.272. The van der Waals surface area contributed by atoms with Crippen LogP contribution in [-0.4, -0.2) is 32.6 Å². The zero-order valence-corrected chi connectivity index (χ0v) is 7.53. The van der Waals surface area contributed by atoms with Gasteiger partial charge in [-0.15, -0.1) is 0 Å². The summed E-state index contributed by atoms with van der Waals surface area (Å²) >= 11 is 0. The van der Waals surface area contributed by atoms with Crippen LogP contribution in [0.2, 0.25) is 0 Å². The van der Waals surface area contributed by atoms with Crippen molar-refractivity contribution in [1.29, 1.82) is 0 Å². The van der Waals surface area contributed by atoms with Crippen molar-refractivity contribution in [2.45, 2.75) is 20.1 Å². The Labute approximate surface area is 71.5 Å². The van der Waals surface area contributed by atoms with E-state index in [1.165, 1.54) is 14.0 Å². The first-order chi connectivity index (χ1) is 5.66. The quantitative estimate of drug-likeness (QED) is 0.256. The Bertz CT molecular complexity index is 125. The lowest BCUT2D eigenvalue weighted by Crippen LogP contribution is -2.15. The van der Waals surface area contributed by atoms with Gasteiger partial charge in [-0.25, -0.2) is 4.79 Å². The molecule has 0 bridgehead atoms. The SMILES string of the molecule is COC(C)OCCOOC(C)=O. The van der Waals surface area contributed by atoms with E-state index in [9.17, 15) is 4.79 Å². The molecule has 0 fully saturated rings. The molecule has 0 rings (SSSR count). The lowest BCUT2D eigenvalue weighted by atomic mass is 10.7. The molecule has 1 atom stereocenters. The van der Waals surface area contributed by atoms with Crippen molar-refractivity contribution in [3.05, 3.63) is 0 Å². The van der Waals surface area contributed by atoms with Crippen LogP contribution in [0.25, 0.3) is 0 Å². The van der Waals surface area contributed by atoms with Gasteiger partial charge in [0.1, 0.15) is 6.61 Å². The fraction of sp³-hybridized carbons (Fsp3) is 0.857. The summed E-state index contributed by atoms with van der Waals surface area (Å²) in [7, 11) is 1.54. The summed E-state index contributed by atoms with van der Waals surface area (Å²) in [6.45, 7) is 3.54. The first kappa shape index (κ1) is 11.4. The van der Waals surface area contributed by atoms with Crippen LogP contribution in [0.4, 0.5) is 0 Å². The van der Waals surface area contributed by atoms with Crippen LogP contribution in [0, 0.1) is 0 Å². The number of hydrogen-bond acceptors (Lipinski definition) is 5. The number of carbonyl (C=O) groups excluding carboxylic acids is 1. The van der Waals surface area contributed by atoms with Gasteiger partial charge in [0, 0.05) is 14.0 Å². The molecule has 0 aromatic carbocycles. The molecule has 0 amide bonds. The Balaban J connectivity index is 3.05. The molecule has 0 aliphatic carbocycles. The van der Waals surface area contributed by atoms with Crippen LogP contribution in [-0.2, 0) is 24.0 Å². The topological polar surface area (TPSA) is 54.0 Å². The van der Waals surface area contributed by atoms with Crippen LogP contribution < -0.4 is 0 Å². The van der Waals surface area contributed by atoms with Gasteiger partial charge in [0.2, 0.25) is 0 Å². The monoisotopic (exact) mass is 178 g/mol.